The summed E-state index contributed by atoms with van der Waals surface area (Å²) >= 11 is 0. The van der Waals surface area contributed by atoms with E-state index in [-0.39, 0.29) is 11.6 Å². The van der Waals surface area contributed by atoms with Crippen LogP contribution in [-0.2, 0) is 0 Å². The monoisotopic (exact) mass is 318 g/mol. The topological polar surface area (TPSA) is 59.8 Å². The van der Waals surface area contributed by atoms with Crippen LogP contribution in [0.25, 0.3) is 11.0 Å². The summed E-state index contributed by atoms with van der Waals surface area (Å²) in [5.74, 6) is 6.55. The third-order valence-electron chi connectivity index (χ3n) is 3.57. The van der Waals surface area contributed by atoms with E-state index in [4.69, 9.17) is 0 Å². The van der Waals surface area contributed by atoms with Crippen molar-refractivity contribution >= 4 is 22.7 Å². The molecule has 2 heterocycles. The summed E-state index contributed by atoms with van der Waals surface area (Å²) in [6.45, 7) is 3.88. The zero-order chi connectivity index (χ0) is 16.9. The smallest absolute Gasteiger partial charge is 0.253 e. The average molecular weight is 318 g/mol. The molecule has 0 aliphatic heterocycles. The molecular weight excluding hydrogens is 300 g/mol. The van der Waals surface area contributed by atoms with Gasteiger partial charge in [-0.3, -0.25) is 9.36 Å². The van der Waals surface area contributed by atoms with Gasteiger partial charge in [0.2, 0.25) is 5.95 Å². The molecule has 3 rings (SSSR count). The normalized spacial score (nSPS) is 11.6. The average Bonchev–Trinajstić information content (AvgIpc) is 2.60. The molecule has 5 nitrogen and oxygen atoms in total. The molecule has 1 atom stereocenters. The highest BCUT2D eigenvalue weighted by Crippen LogP contribution is 2.17. The number of fused-ring (bicyclic) bond motifs is 1. The van der Waals surface area contributed by atoms with Crippen LogP contribution in [0.2, 0.25) is 0 Å². The van der Waals surface area contributed by atoms with Crippen molar-refractivity contribution in [2.45, 2.75) is 26.3 Å². The number of anilines is 2. The van der Waals surface area contributed by atoms with Crippen LogP contribution < -0.4 is 10.9 Å². The van der Waals surface area contributed by atoms with Gasteiger partial charge in [-0.15, -0.1) is 5.92 Å². The molecule has 0 aliphatic rings. The van der Waals surface area contributed by atoms with Crippen LogP contribution >= 0.6 is 0 Å². The summed E-state index contributed by atoms with van der Waals surface area (Å²) in [5, 5.41) is 3.96. The lowest BCUT2D eigenvalue weighted by Gasteiger charge is -2.13. The SMILES string of the molecule is CCC#CC(C)n1c(=O)ccc2cnc(Nc3ccccc3)nc21. The predicted molar refractivity (Wildman–Crippen MR) is 96.3 cm³/mol. The maximum atomic E-state index is 12.3. The lowest BCUT2D eigenvalue weighted by Crippen LogP contribution is -2.23. The highest BCUT2D eigenvalue weighted by atomic mass is 16.1. The molecule has 0 radical (unpaired) electrons. The van der Waals surface area contributed by atoms with Crippen molar-refractivity contribution in [3.05, 3.63) is 59.0 Å². The summed E-state index contributed by atoms with van der Waals surface area (Å²) in [7, 11) is 0. The van der Waals surface area contributed by atoms with E-state index in [2.05, 4.69) is 27.1 Å². The highest BCUT2D eigenvalue weighted by Gasteiger charge is 2.11. The van der Waals surface area contributed by atoms with E-state index in [0.29, 0.717) is 11.6 Å². The van der Waals surface area contributed by atoms with Crippen molar-refractivity contribution < 1.29 is 0 Å². The van der Waals surface area contributed by atoms with Gasteiger partial charge in [0.15, 0.2) is 0 Å². The van der Waals surface area contributed by atoms with Crippen molar-refractivity contribution in [1.29, 1.82) is 0 Å². The van der Waals surface area contributed by atoms with Gasteiger partial charge in [0.05, 0.1) is 6.04 Å². The van der Waals surface area contributed by atoms with Crippen LogP contribution in [0.1, 0.15) is 26.3 Å². The number of rotatable bonds is 3. The molecule has 3 aromatic rings. The third kappa shape index (κ3) is 3.28. The minimum atomic E-state index is -0.249. The first-order valence-electron chi connectivity index (χ1n) is 7.88. The maximum Gasteiger partial charge on any atom is 0.253 e. The molecule has 120 valence electrons. The summed E-state index contributed by atoms with van der Waals surface area (Å²) < 4.78 is 1.61. The molecule has 0 saturated heterocycles. The number of hydrogen-bond acceptors (Lipinski definition) is 4. The van der Waals surface area contributed by atoms with E-state index >= 15 is 0 Å². The molecule has 1 unspecified atom stereocenters. The summed E-state index contributed by atoms with van der Waals surface area (Å²) in [6, 6.07) is 12.7. The van der Waals surface area contributed by atoms with E-state index in [9.17, 15) is 4.79 Å². The first-order valence-corrected chi connectivity index (χ1v) is 7.88. The molecule has 0 aliphatic carbocycles. The van der Waals surface area contributed by atoms with Gasteiger partial charge in [-0.1, -0.05) is 31.0 Å². The van der Waals surface area contributed by atoms with E-state index in [1.54, 1.807) is 16.8 Å². The van der Waals surface area contributed by atoms with Gasteiger partial charge < -0.3 is 5.32 Å². The fourth-order valence-electron chi connectivity index (χ4n) is 2.44. The number of nitrogens with zero attached hydrogens (tertiary/aromatic N) is 3. The Hall–Kier alpha value is -3.13. The van der Waals surface area contributed by atoms with Crippen molar-refractivity contribution in [1.82, 2.24) is 14.5 Å². The first kappa shape index (κ1) is 15.8. The summed E-state index contributed by atoms with van der Waals surface area (Å²) in [6.07, 6.45) is 2.46. The summed E-state index contributed by atoms with van der Waals surface area (Å²) in [5.41, 5.74) is 1.35. The van der Waals surface area contributed by atoms with Crippen LogP contribution in [0.15, 0.2) is 53.5 Å². The van der Waals surface area contributed by atoms with E-state index < -0.39 is 0 Å². The minimum Gasteiger partial charge on any atom is -0.324 e. The molecule has 24 heavy (non-hydrogen) atoms. The molecule has 0 spiro atoms. The van der Waals surface area contributed by atoms with E-state index in [0.717, 1.165) is 17.5 Å². The zero-order valence-electron chi connectivity index (χ0n) is 13.7. The van der Waals surface area contributed by atoms with E-state index in [1.807, 2.05) is 44.2 Å². The van der Waals surface area contributed by atoms with Gasteiger partial charge in [0, 0.05) is 29.8 Å². The number of nitrogens with one attached hydrogen (secondary N) is 1. The standard InChI is InChI=1S/C19H18N4O/c1-3-4-8-14(2)23-17(24)12-11-15-13-20-19(22-18(15)23)21-16-9-6-5-7-10-16/h5-7,9-14H,3H2,1-2H3,(H,20,21,22). The molecule has 2 aromatic heterocycles. The second-order valence-corrected chi connectivity index (χ2v) is 5.36. The zero-order valence-corrected chi connectivity index (χ0v) is 13.7. The first-order chi connectivity index (χ1) is 11.7. The van der Waals surface area contributed by atoms with Crippen molar-refractivity contribution in [3.63, 3.8) is 0 Å². The largest absolute Gasteiger partial charge is 0.324 e. The fourth-order valence-corrected chi connectivity index (χ4v) is 2.44. The van der Waals surface area contributed by atoms with Gasteiger partial charge in [0.25, 0.3) is 5.56 Å². The van der Waals surface area contributed by atoms with Crippen LogP contribution in [-0.4, -0.2) is 14.5 Å². The fraction of sp³-hybridized carbons (Fsp3) is 0.211. The number of aromatic nitrogens is 3. The lowest BCUT2D eigenvalue weighted by molar-refractivity contribution is 0.672. The van der Waals surface area contributed by atoms with Crippen LogP contribution in [0, 0.1) is 11.8 Å². The maximum absolute atomic E-state index is 12.3. The second-order valence-electron chi connectivity index (χ2n) is 5.36. The van der Waals surface area contributed by atoms with Crippen molar-refractivity contribution in [3.8, 4) is 11.8 Å². The number of hydrogen-bond donors (Lipinski definition) is 1. The summed E-state index contributed by atoms with van der Waals surface area (Å²) in [4.78, 5) is 21.2. The molecular formula is C19H18N4O. The molecule has 0 bridgehead atoms. The van der Waals surface area contributed by atoms with Crippen molar-refractivity contribution in [2.24, 2.45) is 0 Å². The van der Waals surface area contributed by atoms with Gasteiger partial charge in [0.1, 0.15) is 5.65 Å². The lowest BCUT2D eigenvalue weighted by atomic mass is 10.2. The Morgan fingerprint density at radius 3 is 2.75 bits per heavy atom. The molecule has 1 aromatic carbocycles. The quantitative estimate of drug-likeness (QED) is 0.751. The van der Waals surface area contributed by atoms with Gasteiger partial charge in [-0.05, 0) is 25.1 Å². The van der Waals surface area contributed by atoms with Gasteiger partial charge >= 0.3 is 0 Å². The Balaban J connectivity index is 2.08. The third-order valence-corrected chi connectivity index (χ3v) is 3.57. The molecule has 0 fully saturated rings. The Morgan fingerprint density at radius 1 is 1.21 bits per heavy atom. The number of pyridine rings is 1. The van der Waals surface area contributed by atoms with Crippen LogP contribution in [0.4, 0.5) is 11.6 Å². The Morgan fingerprint density at radius 2 is 2.00 bits per heavy atom. The van der Waals surface area contributed by atoms with Crippen LogP contribution in [0.3, 0.4) is 0 Å². The van der Waals surface area contributed by atoms with Gasteiger partial charge in [-0.2, -0.15) is 4.98 Å². The molecule has 1 N–H and O–H groups in total. The number of benzene rings is 1. The molecule has 0 amide bonds. The predicted octanol–water partition coefficient (Wildman–Crippen LogP) is 3.51. The minimum absolute atomic E-state index is 0.121. The van der Waals surface area contributed by atoms with E-state index in [1.165, 1.54) is 6.07 Å². The molecule has 5 heteroatoms. The highest BCUT2D eigenvalue weighted by molar-refractivity contribution is 5.76. The Labute approximate surface area is 140 Å². The molecule has 0 saturated carbocycles. The second kappa shape index (κ2) is 6.97. The Kier molecular flexibility index (Phi) is 4.57. The van der Waals surface area contributed by atoms with Gasteiger partial charge in [-0.25, -0.2) is 4.98 Å². The van der Waals surface area contributed by atoms with Crippen LogP contribution in [0.5, 0.6) is 0 Å². The Bertz CT molecular complexity index is 967. The number of para-hydroxylation sites is 1. The van der Waals surface area contributed by atoms with Crippen molar-refractivity contribution in [2.75, 3.05) is 5.32 Å².